The molecule has 0 spiro atoms. The molecule has 3 rings (SSSR count). The minimum atomic E-state index is -0.841. The van der Waals surface area contributed by atoms with Crippen LogP contribution in [0.5, 0.6) is 0 Å². The van der Waals surface area contributed by atoms with Gasteiger partial charge in [-0.05, 0) is 49.9 Å². The number of fused-ring (bicyclic) bond motifs is 1. The van der Waals surface area contributed by atoms with Crippen molar-refractivity contribution < 1.29 is 24.2 Å². The van der Waals surface area contributed by atoms with Crippen molar-refractivity contribution in [2.45, 2.75) is 45.7 Å². The number of aliphatic hydroxyl groups excluding tert-OH is 1. The zero-order valence-electron chi connectivity index (χ0n) is 18.7. The maximum Gasteiger partial charge on any atom is 0.310 e. The summed E-state index contributed by atoms with van der Waals surface area (Å²) in [6.45, 7) is 5.51. The van der Waals surface area contributed by atoms with Gasteiger partial charge in [0.25, 0.3) is 0 Å². The van der Waals surface area contributed by atoms with Crippen molar-refractivity contribution in [2.75, 3.05) is 18.5 Å². The van der Waals surface area contributed by atoms with Crippen LogP contribution in [0.15, 0.2) is 36.4 Å². The number of anilines is 1. The third kappa shape index (κ3) is 4.55. The van der Waals surface area contributed by atoms with Gasteiger partial charge in [0, 0.05) is 16.6 Å². The molecule has 8 heteroatoms. The van der Waals surface area contributed by atoms with Crippen molar-refractivity contribution in [3.63, 3.8) is 0 Å². The summed E-state index contributed by atoms with van der Waals surface area (Å²) in [7, 11) is 0. The lowest BCUT2D eigenvalue weighted by atomic mass is 9.69. The molecular formula is C24H31ClN2O5. The quantitative estimate of drug-likeness (QED) is 0.456. The monoisotopic (exact) mass is 462 g/mol. The van der Waals surface area contributed by atoms with E-state index in [0.29, 0.717) is 23.6 Å². The van der Waals surface area contributed by atoms with Crippen molar-refractivity contribution in [3.05, 3.63) is 41.4 Å². The number of allylic oxidation sites excluding steroid dienone is 1. The second kappa shape index (κ2) is 10.5. The number of hydrogen-bond donors (Lipinski definition) is 2. The summed E-state index contributed by atoms with van der Waals surface area (Å²) in [4.78, 5) is 41.5. The molecule has 1 saturated heterocycles. The largest absolute Gasteiger partial charge is 0.466 e. The van der Waals surface area contributed by atoms with E-state index in [2.05, 4.69) is 5.32 Å². The van der Waals surface area contributed by atoms with Gasteiger partial charge in [-0.1, -0.05) is 37.6 Å². The number of esters is 1. The molecule has 0 radical (unpaired) electrons. The third-order valence-corrected chi connectivity index (χ3v) is 6.79. The summed E-state index contributed by atoms with van der Waals surface area (Å²) in [6.07, 6.45) is 4.98. The zero-order chi connectivity index (χ0) is 23.4. The van der Waals surface area contributed by atoms with Crippen LogP contribution in [-0.2, 0) is 19.1 Å². The fourth-order valence-corrected chi connectivity index (χ4v) is 5.08. The number of aliphatic hydroxyl groups is 1. The standard InChI is InChI=1S/C24H31ClN2O5/c1-4-14-7-12-18-20(19(14)24(31)32-6-3)23(30)27(17(5-2)13-28)21(18)22(29)26-16-10-8-15(25)9-11-16/h7-12,14,17-21,28H,4-6,13H2,1-3H3,(H,26,29)/t14-,17+,18+,19-,20+,21+/m1/s1. The van der Waals surface area contributed by atoms with Crippen molar-refractivity contribution in [2.24, 2.45) is 23.7 Å². The number of amides is 2. The van der Waals surface area contributed by atoms with Crippen LogP contribution in [0.2, 0.25) is 5.02 Å². The van der Waals surface area contributed by atoms with Gasteiger partial charge in [-0.3, -0.25) is 14.4 Å². The van der Waals surface area contributed by atoms with Gasteiger partial charge in [0.15, 0.2) is 0 Å². The van der Waals surface area contributed by atoms with Crippen LogP contribution in [-0.4, -0.2) is 53.1 Å². The molecule has 0 saturated carbocycles. The highest BCUT2D eigenvalue weighted by molar-refractivity contribution is 6.30. The van der Waals surface area contributed by atoms with Crippen molar-refractivity contribution in [1.29, 1.82) is 0 Å². The predicted octanol–water partition coefficient (Wildman–Crippen LogP) is 3.27. The van der Waals surface area contributed by atoms with Gasteiger partial charge in [0.2, 0.25) is 11.8 Å². The van der Waals surface area contributed by atoms with Gasteiger partial charge < -0.3 is 20.1 Å². The molecule has 0 aromatic heterocycles. The molecule has 0 bridgehead atoms. The first-order chi connectivity index (χ1) is 15.4. The molecule has 6 atom stereocenters. The number of nitrogens with one attached hydrogen (secondary N) is 1. The molecule has 1 aliphatic heterocycles. The van der Waals surface area contributed by atoms with Gasteiger partial charge >= 0.3 is 5.97 Å². The Hall–Kier alpha value is -2.38. The molecule has 32 heavy (non-hydrogen) atoms. The lowest BCUT2D eigenvalue weighted by Crippen LogP contribution is -2.50. The average molecular weight is 463 g/mol. The number of benzene rings is 1. The Morgan fingerprint density at radius 1 is 1.19 bits per heavy atom. The van der Waals surface area contributed by atoms with E-state index < -0.39 is 35.8 Å². The Bertz CT molecular complexity index is 868. The molecule has 2 N–H and O–H groups in total. The van der Waals surface area contributed by atoms with Crippen LogP contribution in [0.3, 0.4) is 0 Å². The van der Waals surface area contributed by atoms with Crippen molar-refractivity contribution >= 4 is 35.1 Å². The molecule has 174 valence electrons. The fraction of sp³-hybridized carbons (Fsp3) is 0.542. The van der Waals surface area contributed by atoms with E-state index in [-0.39, 0.29) is 30.9 Å². The first-order valence-corrected chi connectivity index (χ1v) is 11.6. The molecule has 7 nitrogen and oxygen atoms in total. The highest BCUT2D eigenvalue weighted by atomic mass is 35.5. The highest BCUT2D eigenvalue weighted by Gasteiger charge is 2.58. The van der Waals surface area contributed by atoms with Crippen LogP contribution >= 0.6 is 11.6 Å². The number of rotatable bonds is 8. The Morgan fingerprint density at radius 3 is 2.44 bits per heavy atom. The Kier molecular flexibility index (Phi) is 7.96. The normalized spacial score (nSPS) is 27.7. The second-order valence-corrected chi connectivity index (χ2v) is 8.71. The van der Waals surface area contributed by atoms with Gasteiger partial charge in [-0.15, -0.1) is 0 Å². The number of carbonyl (C=O) groups excluding carboxylic acids is 3. The van der Waals surface area contributed by atoms with Gasteiger partial charge in [0.05, 0.1) is 31.1 Å². The summed E-state index contributed by atoms with van der Waals surface area (Å²) in [5.74, 6) is -3.06. The molecule has 1 aliphatic carbocycles. The van der Waals surface area contributed by atoms with E-state index in [0.717, 1.165) is 0 Å². The van der Waals surface area contributed by atoms with E-state index in [1.165, 1.54) is 4.90 Å². The summed E-state index contributed by atoms with van der Waals surface area (Å²) in [5.41, 5.74) is 0.556. The minimum Gasteiger partial charge on any atom is -0.466 e. The Labute approximate surface area is 193 Å². The molecule has 2 amide bonds. The van der Waals surface area contributed by atoms with E-state index in [9.17, 15) is 19.5 Å². The first-order valence-electron chi connectivity index (χ1n) is 11.2. The van der Waals surface area contributed by atoms with Crippen LogP contribution in [0, 0.1) is 23.7 Å². The van der Waals surface area contributed by atoms with Crippen molar-refractivity contribution in [3.8, 4) is 0 Å². The number of halogens is 1. The third-order valence-electron chi connectivity index (χ3n) is 6.53. The minimum absolute atomic E-state index is 0.145. The molecule has 1 heterocycles. The first kappa shape index (κ1) is 24.3. The number of ether oxygens (including phenoxy) is 1. The summed E-state index contributed by atoms with van der Waals surface area (Å²) in [6, 6.07) is 5.35. The summed E-state index contributed by atoms with van der Waals surface area (Å²) < 4.78 is 5.31. The number of carbonyl (C=O) groups is 3. The molecule has 1 aromatic carbocycles. The molecule has 1 fully saturated rings. The molecule has 1 aromatic rings. The van der Waals surface area contributed by atoms with Crippen molar-refractivity contribution in [1.82, 2.24) is 4.90 Å². The molecule has 2 aliphatic rings. The van der Waals surface area contributed by atoms with Gasteiger partial charge in [-0.25, -0.2) is 0 Å². The summed E-state index contributed by atoms with van der Waals surface area (Å²) >= 11 is 5.94. The zero-order valence-corrected chi connectivity index (χ0v) is 19.4. The van der Waals surface area contributed by atoms with E-state index >= 15 is 0 Å². The fourth-order valence-electron chi connectivity index (χ4n) is 4.95. The number of likely N-dealkylation sites (tertiary alicyclic amines) is 1. The lowest BCUT2D eigenvalue weighted by Gasteiger charge is -2.33. The van der Waals surface area contributed by atoms with Crippen LogP contribution in [0.1, 0.15) is 33.6 Å². The lowest BCUT2D eigenvalue weighted by molar-refractivity contribution is -0.156. The number of nitrogens with zero attached hydrogens (tertiary/aromatic N) is 1. The van der Waals surface area contributed by atoms with Crippen LogP contribution in [0.25, 0.3) is 0 Å². The predicted molar refractivity (Wildman–Crippen MR) is 122 cm³/mol. The summed E-state index contributed by atoms with van der Waals surface area (Å²) in [5, 5.41) is 13.4. The molecular weight excluding hydrogens is 432 g/mol. The maximum atomic E-state index is 13.7. The topological polar surface area (TPSA) is 95.9 Å². The van der Waals surface area contributed by atoms with E-state index in [1.54, 1.807) is 31.2 Å². The Balaban J connectivity index is 2.01. The van der Waals surface area contributed by atoms with Gasteiger partial charge in [-0.2, -0.15) is 0 Å². The molecule has 0 unspecified atom stereocenters. The van der Waals surface area contributed by atoms with Crippen LogP contribution < -0.4 is 5.32 Å². The Morgan fingerprint density at radius 2 is 1.88 bits per heavy atom. The number of hydrogen-bond acceptors (Lipinski definition) is 5. The maximum absolute atomic E-state index is 13.7. The highest BCUT2D eigenvalue weighted by Crippen LogP contribution is 2.46. The SMILES string of the molecule is CCOC(=O)[C@H]1[C@H]2C(=O)N([C@@H](CC)CO)[C@H](C(=O)Nc3ccc(Cl)cc3)[C@H]2C=C[C@H]1CC. The van der Waals surface area contributed by atoms with E-state index in [1.807, 2.05) is 26.0 Å². The smallest absolute Gasteiger partial charge is 0.310 e. The second-order valence-electron chi connectivity index (χ2n) is 8.27. The van der Waals surface area contributed by atoms with E-state index in [4.69, 9.17) is 16.3 Å². The van der Waals surface area contributed by atoms with Gasteiger partial charge in [0.1, 0.15) is 6.04 Å². The van der Waals surface area contributed by atoms with Crippen LogP contribution in [0.4, 0.5) is 5.69 Å². The average Bonchev–Trinajstić information content (AvgIpc) is 3.08.